The first-order chi connectivity index (χ1) is 10.7. The molecule has 1 aromatic rings. The van der Waals surface area contributed by atoms with Gasteiger partial charge in [0.25, 0.3) is 0 Å². The van der Waals surface area contributed by atoms with E-state index in [4.69, 9.17) is 0 Å². The first kappa shape index (κ1) is 17.1. The van der Waals surface area contributed by atoms with Crippen LogP contribution < -0.4 is 5.32 Å². The average molecular weight is 323 g/mol. The van der Waals surface area contributed by atoms with Gasteiger partial charge in [-0.2, -0.15) is 0 Å². The minimum atomic E-state index is -0.925. The van der Waals surface area contributed by atoms with Crippen LogP contribution in [0.3, 0.4) is 0 Å². The average Bonchev–Trinajstić information content (AvgIpc) is 2.55. The molecule has 2 rings (SSSR count). The summed E-state index contributed by atoms with van der Waals surface area (Å²) >= 11 is 0. The van der Waals surface area contributed by atoms with Crippen LogP contribution in [-0.4, -0.2) is 71.5 Å². The molecule has 1 atom stereocenters. The smallest absolute Gasteiger partial charge is 0.234 e. The third-order valence-electron chi connectivity index (χ3n) is 3.81. The van der Waals surface area contributed by atoms with E-state index in [-0.39, 0.29) is 5.91 Å². The van der Waals surface area contributed by atoms with Gasteiger partial charge in [0, 0.05) is 49.9 Å². The lowest BCUT2D eigenvalue weighted by atomic mass is 10.3. The first-order valence-corrected chi connectivity index (χ1v) is 9.15. The predicted molar refractivity (Wildman–Crippen MR) is 89.3 cm³/mol. The summed E-state index contributed by atoms with van der Waals surface area (Å²) < 4.78 is 12.2. The van der Waals surface area contributed by atoms with Gasteiger partial charge in [0.1, 0.15) is 0 Å². The summed E-state index contributed by atoms with van der Waals surface area (Å²) in [6.45, 7) is 7.61. The molecule has 1 saturated heterocycles. The minimum absolute atomic E-state index is 0.0983. The van der Waals surface area contributed by atoms with Crippen molar-refractivity contribution in [2.24, 2.45) is 0 Å². The lowest BCUT2D eigenvalue weighted by molar-refractivity contribution is -0.122. The highest BCUT2D eigenvalue weighted by Crippen LogP contribution is 2.07. The van der Waals surface area contributed by atoms with Gasteiger partial charge in [0.15, 0.2) is 0 Å². The van der Waals surface area contributed by atoms with E-state index >= 15 is 0 Å². The van der Waals surface area contributed by atoms with Gasteiger partial charge >= 0.3 is 0 Å². The molecule has 1 heterocycles. The number of amides is 1. The second kappa shape index (κ2) is 9.02. The van der Waals surface area contributed by atoms with Gasteiger partial charge in [0.05, 0.1) is 17.3 Å². The Morgan fingerprint density at radius 2 is 1.77 bits per heavy atom. The SMILES string of the molecule is CCNC(=O)CN1CCN(CC[S@](=O)c2ccccc2)CC1. The van der Waals surface area contributed by atoms with Gasteiger partial charge in [0.2, 0.25) is 5.91 Å². The van der Waals surface area contributed by atoms with Crippen LogP contribution in [0, 0.1) is 0 Å². The Labute approximate surface area is 135 Å². The van der Waals surface area contributed by atoms with E-state index < -0.39 is 10.8 Å². The number of hydrogen-bond donors (Lipinski definition) is 1. The van der Waals surface area contributed by atoms with Crippen LogP contribution in [0.15, 0.2) is 35.2 Å². The second-order valence-electron chi connectivity index (χ2n) is 5.43. The number of carbonyl (C=O) groups is 1. The number of hydrogen-bond acceptors (Lipinski definition) is 4. The molecule has 0 bridgehead atoms. The van der Waals surface area contributed by atoms with E-state index in [9.17, 15) is 9.00 Å². The normalized spacial score (nSPS) is 18.0. The number of nitrogens with zero attached hydrogens (tertiary/aromatic N) is 2. The van der Waals surface area contributed by atoms with Crippen LogP contribution in [0.4, 0.5) is 0 Å². The Morgan fingerprint density at radius 3 is 2.41 bits per heavy atom. The fraction of sp³-hybridized carbons (Fsp3) is 0.562. The fourth-order valence-electron chi connectivity index (χ4n) is 2.53. The molecule has 1 aliphatic heterocycles. The zero-order valence-electron chi connectivity index (χ0n) is 13.2. The van der Waals surface area contributed by atoms with E-state index in [0.29, 0.717) is 18.8 Å². The van der Waals surface area contributed by atoms with Crippen molar-refractivity contribution >= 4 is 16.7 Å². The molecule has 22 heavy (non-hydrogen) atoms. The van der Waals surface area contributed by atoms with Crippen molar-refractivity contribution in [1.82, 2.24) is 15.1 Å². The van der Waals surface area contributed by atoms with E-state index in [2.05, 4.69) is 15.1 Å². The molecule has 1 amide bonds. The van der Waals surface area contributed by atoms with Crippen molar-refractivity contribution in [3.63, 3.8) is 0 Å². The maximum atomic E-state index is 12.2. The first-order valence-electron chi connectivity index (χ1n) is 7.84. The van der Waals surface area contributed by atoms with E-state index in [1.54, 1.807) is 0 Å². The van der Waals surface area contributed by atoms with Gasteiger partial charge in [-0.3, -0.25) is 18.8 Å². The summed E-state index contributed by atoms with van der Waals surface area (Å²) in [7, 11) is -0.925. The number of benzene rings is 1. The third kappa shape index (κ3) is 5.51. The van der Waals surface area contributed by atoms with Crippen LogP contribution in [-0.2, 0) is 15.6 Å². The molecule has 5 nitrogen and oxygen atoms in total. The zero-order valence-corrected chi connectivity index (χ0v) is 14.0. The number of likely N-dealkylation sites (N-methyl/N-ethyl adjacent to an activating group) is 1. The fourth-order valence-corrected chi connectivity index (χ4v) is 3.65. The summed E-state index contributed by atoms with van der Waals surface area (Å²) in [6, 6.07) is 9.62. The van der Waals surface area contributed by atoms with Crippen LogP contribution in [0.5, 0.6) is 0 Å². The minimum Gasteiger partial charge on any atom is -0.355 e. The molecular formula is C16H25N3O2S. The molecule has 6 heteroatoms. The zero-order chi connectivity index (χ0) is 15.8. The van der Waals surface area contributed by atoms with E-state index in [1.165, 1.54) is 0 Å². The highest BCUT2D eigenvalue weighted by molar-refractivity contribution is 7.85. The lowest BCUT2D eigenvalue weighted by Crippen LogP contribution is -2.50. The van der Waals surface area contributed by atoms with Crippen molar-refractivity contribution in [2.45, 2.75) is 11.8 Å². The van der Waals surface area contributed by atoms with Crippen LogP contribution >= 0.6 is 0 Å². The molecule has 0 aromatic heterocycles. The van der Waals surface area contributed by atoms with Crippen molar-refractivity contribution in [2.75, 3.05) is 51.6 Å². The van der Waals surface area contributed by atoms with Crippen molar-refractivity contribution in [3.8, 4) is 0 Å². The molecule has 0 aliphatic carbocycles. The Kier molecular flexibility index (Phi) is 7.02. The van der Waals surface area contributed by atoms with Crippen LogP contribution in [0.2, 0.25) is 0 Å². The summed E-state index contributed by atoms with van der Waals surface area (Å²) in [5, 5.41) is 2.83. The topological polar surface area (TPSA) is 52.7 Å². The Hall–Kier alpha value is -1.24. The highest BCUT2D eigenvalue weighted by atomic mass is 32.2. The largest absolute Gasteiger partial charge is 0.355 e. The van der Waals surface area contributed by atoms with Crippen LogP contribution in [0.1, 0.15) is 6.92 Å². The number of piperazine rings is 1. The molecule has 1 N–H and O–H groups in total. The van der Waals surface area contributed by atoms with Crippen molar-refractivity contribution in [1.29, 1.82) is 0 Å². The molecule has 1 aromatic carbocycles. The number of nitrogens with one attached hydrogen (secondary N) is 1. The quantitative estimate of drug-likeness (QED) is 0.796. The Balaban J connectivity index is 1.67. The molecule has 0 radical (unpaired) electrons. The van der Waals surface area contributed by atoms with Gasteiger partial charge in [-0.05, 0) is 19.1 Å². The van der Waals surface area contributed by atoms with Gasteiger partial charge in [-0.25, -0.2) is 0 Å². The third-order valence-corrected chi connectivity index (χ3v) is 5.16. The number of rotatable bonds is 7. The summed E-state index contributed by atoms with van der Waals surface area (Å²) in [5.41, 5.74) is 0. The molecule has 0 unspecified atom stereocenters. The highest BCUT2D eigenvalue weighted by Gasteiger charge is 2.19. The molecule has 122 valence electrons. The maximum absolute atomic E-state index is 12.2. The monoisotopic (exact) mass is 323 g/mol. The molecule has 0 saturated carbocycles. The van der Waals surface area contributed by atoms with Gasteiger partial charge in [-0.1, -0.05) is 18.2 Å². The summed E-state index contributed by atoms with van der Waals surface area (Å²) in [4.78, 5) is 17.0. The molecule has 0 spiro atoms. The maximum Gasteiger partial charge on any atom is 0.234 e. The molecule has 1 fully saturated rings. The second-order valence-corrected chi connectivity index (χ2v) is 7.00. The van der Waals surface area contributed by atoms with Crippen molar-refractivity contribution in [3.05, 3.63) is 30.3 Å². The number of carbonyl (C=O) groups excluding carboxylic acids is 1. The van der Waals surface area contributed by atoms with Crippen LogP contribution in [0.25, 0.3) is 0 Å². The Bertz CT molecular complexity index is 487. The van der Waals surface area contributed by atoms with Gasteiger partial charge in [-0.15, -0.1) is 0 Å². The molecular weight excluding hydrogens is 298 g/mol. The predicted octanol–water partition coefficient (Wildman–Crippen LogP) is 0.548. The van der Waals surface area contributed by atoms with Gasteiger partial charge < -0.3 is 5.32 Å². The van der Waals surface area contributed by atoms with E-state index in [1.807, 2.05) is 37.3 Å². The molecule has 1 aliphatic rings. The summed E-state index contributed by atoms with van der Waals surface area (Å²) in [5.74, 6) is 0.765. The summed E-state index contributed by atoms with van der Waals surface area (Å²) in [6.07, 6.45) is 0. The Morgan fingerprint density at radius 1 is 1.14 bits per heavy atom. The van der Waals surface area contributed by atoms with E-state index in [0.717, 1.165) is 37.6 Å². The standard InChI is InChI=1S/C16H25N3O2S/c1-2-17-16(20)14-19-10-8-18(9-11-19)12-13-22(21)15-6-4-3-5-7-15/h3-7H,2,8-14H2,1H3,(H,17,20)/t22-/m0/s1. The lowest BCUT2D eigenvalue weighted by Gasteiger charge is -2.34. The van der Waals surface area contributed by atoms with Crippen molar-refractivity contribution < 1.29 is 9.00 Å².